The Balaban J connectivity index is 2.00. The third-order valence-electron chi connectivity index (χ3n) is 4.66. The molecule has 0 saturated carbocycles. The summed E-state index contributed by atoms with van der Waals surface area (Å²) in [6.07, 6.45) is 0.694. The molecule has 3 aromatic rings. The average Bonchev–Trinajstić information content (AvgIpc) is 2.74. The van der Waals surface area contributed by atoms with E-state index in [9.17, 15) is 4.79 Å². The molecule has 3 rings (SSSR count). The second-order valence-corrected chi connectivity index (χ2v) is 6.77. The van der Waals surface area contributed by atoms with E-state index in [0.29, 0.717) is 36.4 Å². The summed E-state index contributed by atoms with van der Waals surface area (Å²) in [6, 6.07) is 13.2. The normalized spacial score (nSPS) is 11.7. The predicted octanol–water partition coefficient (Wildman–Crippen LogP) is 3.59. The number of hydrogen-bond acceptors (Lipinski definition) is 6. The molecular formula is C22H26N4O3. The number of anilines is 1. The highest BCUT2D eigenvalue weighted by Gasteiger charge is 2.12. The van der Waals surface area contributed by atoms with E-state index in [1.54, 1.807) is 24.9 Å². The highest BCUT2D eigenvalue weighted by molar-refractivity contribution is 6.01. The maximum Gasteiger partial charge on any atom is 0.262 e. The van der Waals surface area contributed by atoms with Crippen molar-refractivity contribution in [3.63, 3.8) is 0 Å². The van der Waals surface area contributed by atoms with Crippen LogP contribution in [0, 0.1) is 6.92 Å². The number of rotatable bonds is 8. The van der Waals surface area contributed by atoms with Crippen molar-refractivity contribution in [3.8, 4) is 5.75 Å². The van der Waals surface area contributed by atoms with E-state index >= 15 is 0 Å². The van der Waals surface area contributed by atoms with Crippen LogP contribution in [0.3, 0.4) is 0 Å². The number of aryl methyl sites for hydroxylation is 1. The van der Waals surface area contributed by atoms with Crippen molar-refractivity contribution in [3.05, 3.63) is 63.9 Å². The summed E-state index contributed by atoms with van der Waals surface area (Å²) in [5, 5.41) is 5.06. The smallest absolute Gasteiger partial charge is 0.262 e. The van der Waals surface area contributed by atoms with E-state index in [1.165, 1.54) is 0 Å². The van der Waals surface area contributed by atoms with Crippen molar-refractivity contribution in [2.45, 2.75) is 26.8 Å². The van der Waals surface area contributed by atoms with Gasteiger partial charge in [0.05, 0.1) is 23.7 Å². The minimum atomic E-state index is -0.102. The zero-order chi connectivity index (χ0) is 20.8. The van der Waals surface area contributed by atoms with Gasteiger partial charge in [0.15, 0.2) is 0 Å². The van der Waals surface area contributed by atoms with Crippen molar-refractivity contribution >= 4 is 22.6 Å². The summed E-state index contributed by atoms with van der Waals surface area (Å²) < 4.78 is 12.2. The lowest BCUT2D eigenvalue weighted by atomic mass is 10.1. The van der Waals surface area contributed by atoms with Gasteiger partial charge in [0.1, 0.15) is 5.75 Å². The van der Waals surface area contributed by atoms with Crippen LogP contribution < -0.4 is 15.7 Å². The molecule has 0 radical (unpaired) electrons. The third-order valence-corrected chi connectivity index (χ3v) is 4.66. The molecule has 7 heteroatoms. The Bertz CT molecular complexity index is 1090. The van der Waals surface area contributed by atoms with Crippen LogP contribution in [0.25, 0.3) is 10.9 Å². The molecule has 0 fully saturated rings. The Kier molecular flexibility index (Phi) is 6.61. The number of nitrogens with zero attached hydrogens (tertiary/aromatic N) is 3. The van der Waals surface area contributed by atoms with E-state index in [0.717, 1.165) is 22.6 Å². The Morgan fingerprint density at radius 3 is 2.76 bits per heavy atom. The number of benzene rings is 2. The van der Waals surface area contributed by atoms with Gasteiger partial charge in [0.2, 0.25) is 5.95 Å². The molecule has 0 aliphatic rings. The molecule has 7 nitrogen and oxygen atoms in total. The number of nitrogens with one attached hydrogen (secondary N) is 1. The fourth-order valence-electron chi connectivity index (χ4n) is 3.13. The molecule has 0 atom stereocenters. The number of aromatic nitrogens is 2. The fraction of sp³-hybridized carbons (Fsp3) is 0.318. The van der Waals surface area contributed by atoms with E-state index < -0.39 is 0 Å². The lowest BCUT2D eigenvalue weighted by Crippen LogP contribution is -2.25. The molecule has 1 N–H and O–H groups in total. The number of fused-ring (bicyclic) bond motifs is 1. The Hall–Kier alpha value is -3.19. The molecule has 2 aromatic carbocycles. The van der Waals surface area contributed by atoms with E-state index in [-0.39, 0.29) is 5.56 Å². The molecule has 1 aromatic heterocycles. The van der Waals surface area contributed by atoms with Gasteiger partial charge in [-0.1, -0.05) is 23.8 Å². The molecule has 0 aliphatic carbocycles. The van der Waals surface area contributed by atoms with Crippen molar-refractivity contribution < 1.29 is 9.47 Å². The zero-order valence-corrected chi connectivity index (χ0v) is 17.2. The van der Waals surface area contributed by atoms with Crippen LogP contribution in [0.5, 0.6) is 5.75 Å². The average molecular weight is 394 g/mol. The second kappa shape index (κ2) is 9.34. The van der Waals surface area contributed by atoms with Gasteiger partial charge in [-0.2, -0.15) is 5.10 Å². The van der Waals surface area contributed by atoms with Gasteiger partial charge in [-0.05, 0) is 44.5 Å². The molecule has 0 bridgehead atoms. The van der Waals surface area contributed by atoms with Crippen molar-refractivity contribution in [1.82, 2.24) is 9.55 Å². The number of hydrogen-bond donors (Lipinski definition) is 1. The molecular weight excluding hydrogens is 368 g/mol. The van der Waals surface area contributed by atoms with Crippen LogP contribution >= 0.6 is 0 Å². The molecule has 0 unspecified atom stereocenters. The van der Waals surface area contributed by atoms with Gasteiger partial charge in [-0.15, -0.1) is 0 Å². The van der Waals surface area contributed by atoms with E-state index in [4.69, 9.17) is 9.47 Å². The topological polar surface area (TPSA) is 77.7 Å². The van der Waals surface area contributed by atoms with Gasteiger partial charge in [-0.25, -0.2) is 10.4 Å². The standard InChI is InChI=1S/C22H26N4O3/c1-15-10-11-20(29-4)18(14-15)16(2)24-25-22-23-19-9-6-5-8-17(19)21(27)26(22)12-7-13-28-3/h5-6,8-11,14H,7,12-13H2,1-4H3,(H,23,25)/b24-16-. The number of hydrazone groups is 1. The maximum absolute atomic E-state index is 13.0. The summed E-state index contributed by atoms with van der Waals surface area (Å²) >= 11 is 0. The number of methoxy groups -OCH3 is 2. The molecule has 0 amide bonds. The third kappa shape index (κ3) is 4.63. The van der Waals surface area contributed by atoms with E-state index in [1.807, 2.05) is 50.2 Å². The second-order valence-electron chi connectivity index (χ2n) is 6.77. The molecule has 1 heterocycles. The Labute approximate surface area is 170 Å². The van der Waals surface area contributed by atoms with Gasteiger partial charge in [0, 0.05) is 25.8 Å². The SMILES string of the molecule is COCCCn1c(N/N=C(/C)c2cc(C)ccc2OC)nc2ccccc2c1=O. The first-order valence-electron chi connectivity index (χ1n) is 9.49. The summed E-state index contributed by atoms with van der Waals surface area (Å²) in [6.45, 7) is 4.94. The molecule has 29 heavy (non-hydrogen) atoms. The van der Waals surface area contributed by atoms with Gasteiger partial charge >= 0.3 is 0 Å². The van der Waals surface area contributed by atoms with Crippen LogP contribution in [0.4, 0.5) is 5.95 Å². The van der Waals surface area contributed by atoms with Crippen molar-refractivity contribution in [1.29, 1.82) is 0 Å². The molecule has 0 aliphatic heterocycles. The summed E-state index contributed by atoms with van der Waals surface area (Å²) in [4.78, 5) is 17.6. The quantitative estimate of drug-likeness (QED) is 0.359. The van der Waals surface area contributed by atoms with Crippen molar-refractivity contribution in [2.75, 3.05) is 26.3 Å². The largest absolute Gasteiger partial charge is 0.496 e. The zero-order valence-electron chi connectivity index (χ0n) is 17.2. The monoisotopic (exact) mass is 394 g/mol. The van der Waals surface area contributed by atoms with Gasteiger partial charge in [-0.3, -0.25) is 9.36 Å². The Morgan fingerprint density at radius 2 is 2.00 bits per heavy atom. The van der Waals surface area contributed by atoms with Crippen molar-refractivity contribution in [2.24, 2.45) is 5.10 Å². The van der Waals surface area contributed by atoms with Crippen LogP contribution in [0.2, 0.25) is 0 Å². The first-order valence-corrected chi connectivity index (χ1v) is 9.49. The number of para-hydroxylation sites is 1. The maximum atomic E-state index is 13.0. The highest BCUT2D eigenvalue weighted by Crippen LogP contribution is 2.21. The van der Waals surface area contributed by atoms with Crippen LogP contribution in [0.15, 0.2) is 52.4 Å². The lowest BCUT2D eigenvalue weighted by Gasteiger charge is -2.14. The van der Waals surface area contributed by atoms with Gasteiger partial charge < -0.3 is 9.47 Å². The summed E-state index contributed by atoms with van der Waals surface area (Å²) in [7, 11) is 3.27. The minimum absolute atomic E-state index is 0.102. The van der Waals surface area contributed by atoms with E-state index in [2.05, 4.69) is 15.5 Å². The van der Waals surface area contributed by atoms with Gasteiger partial charge in [0.25, 0.3) is 5.56 Å². The number of ether oxygens (including phenoxy) is 2. The lowest BCUT2D eigenvalue weighted by molar-refractivity contribution is 0.190. The first-order chi connectivity index (χ1) is 14.0. The predicted molar refractivity (Wildman–Crippen MR) is 116 cm³/mol. The van der Waals surface area contributed by atoms with Crippen LogP contribution in [0.1, 0.15) is 24.5 Å². The highest BCUT2D eigenvalue weighted by atomic mass is 16.5. The first kappa shape index (κ1) is 20.5. The Morgan fingerprint density at radius 1 is 1.21 bits per heavy atom. The van der Waals surface area contributed by atoms with Crippen LogP contribution in [-0.2, 0) is 11.3 Å². The van der Waals surface area contributed by atoms with Crippen LogP contribution in [-0.4, -0.2) is 36.1 Å². The molecule has 0 spiro atoms. The summed E-state index contributed by atoms with van der Waals surface area (Å²) in [5.74, 6) is 1.14. The summed E-state index contributed by atoms with van der Waals surface area (Å²) in [5.41, 5.74) is 6.24. The molecule has 152 valence electrons. The molecule has 0 saturated heterocycles. The fourth-order valence-corrected chi connectivity index (χ4v) is 3.13. The minimum Gasteiger partial charge on any atom is -0.496 e.